The molecule has 1 saturated heterocycles. The smallest absolute Gasteiger partial charge is 0.188 e. The molecular formula is C15H28N4O. The SMILES string of the molecule is CCN1CCCC1CN=C(N)NCCC1=CCOCC1. The van der Waals surface area contributed by atoms with Gasteiger partial charge in [-0.1, -0.05) is 18.6 Å². The number of guanidine groups is 1. The van der Waals surface area contributed by atoms with Gasteiger partial charge in [-0.15, -0.1) is 0 Å². The molecule has 2 heterocycles. The average Bonchev–Trinajstić information content (AvgIpc) is 2.94. The van der Waals surface area contributed by atoms with Crippen LogP contribution in [0, 0.1) is 0 Å². The summed E-state index contributed by atoms with van der Waals surface area (Å²) in [5.74, 6) is 0.584. The molecule has 0 aromatic carbocycles. The standard InChI is InChI=1S/C15H28N4O/c1-2-19-9-3-4-14(19)12-18-15(16)17-8-5-13-6-10-20-11-7-13/h6,14H,2-5,7-12H2,1H3,(H3,16,17,18). The molecule has 3 N–H and O–H groups in total. The number of rotatable bonds is 6. The molecule has 0 amide bonds. The van der Waals surface area contributed by atoms with E-state index >= 15 is 0 Å². The van der Waals surface area contributed by atoms with E-state index < -0.39 is 0 Å². The highest BCUT2D eigenvalue weighted by Crippen LogP contribution is 2.16. The number of aliphatic imine (C=N–C) groups is 1. The first-order chi connectivity index (χ1) is 9.79. The van der Waals surface area contributed by atoms with Crippen LogP contribution < -0.4 is 11.1 Å². The lowest BCUT2D eigenvalue weighted by Gasteiger charge is -2.21. The summed E-state index contributed by atoms with van der Waals surface area (Å²) in [5.41, 5.74) is 7.39. The summed E-state index contributed by atoms with van der Waals surface area (Å²) in [5, 5.41) is 3.21. The van der Waals surface area contributed by atoms with Crippen LogP contribution in [-0.2, 0) is 4.74 Å². The van der Waals surface area contributed by atoms with Crippen molar-refractivity contribution < 1.29 is 4.74 Å². The van der Waals surface area contributed by atoms with Crippen LogP contribution in [0.3, 0.4) is 0 Å². The minimum Gasteiger partial charge on any atom is -0.377 e. The maximum Gasteiger partial charge on any atom is 0.188 e. The molecule has 1 fully saturated rings. The summed E-state index contributed by atoms with van der Waals surface area (Å²) in [4.78, 5) is 6.97. The highest BCUT2D eigenvalue weighted by Gasteiger charge is 2.22. The molecule has 2 rings (SSSR count). The maximum atomic E-state index is 5.93. The lowest BCUT2D eigenvalue weighted by Crippen LogP contribution is -2.36. The lowest BCUT2D eigenvalue weighted by molar-refractivity contribution is 0.153. The first-order valence-electron chi connectivity index (χ1n) is 7.83. The Kier molecular flexibility index (Phi) is 6.33. The van der Waals surface area contributed by atoms with E-state index in [0.29, 0.717) is 12.0 Å². The number of ether oxygens (including phenoxy) is 1. The fraction of sp³-hybridized carbons (Fsp3) is 0.800. The summed E-state index contributed by atoms with van der Waals surface area (Å²) < 4.78 is 5.29. The van der Waals surface area contributed by atoms with Crippen LogP contribution in [-0.4, -0.2) is 56.3 Å². The van der Waals surface area contributed by atoms with Gasteiger partial charge in [-0.3, -0.25) is 9.89 Å². The van der Waals surface area contributed by atoms with Crippen LogP contribution >= 0.6 is 0 Å². The highest BCUT2D eigenvalue weighted by molar-refractivity contribution is 5.77. The van der Waals surface area contributed by atoms with E-state index in [-0.39, 0.29) is 0 Å². The molecule has 0 spiro atoms. The molecule has 20 heavy (non-hydrogen) atoms. The van der Waals surface area contributed by atoms with Crippen molar-refractivity contribution >= 4 is 5.96 Å². The second-order valence-corrected chi connectivity index (χ2v) is 5.51. The van der Waals surface area contributed by atoms with Crippen LogP contribution in [0.4, 0.5) is 0 Å². The van der Waals surface area contributed by atoms with E-state index in [4.69, 9.17) is 10.5 Å². The third-order valence-electron chi connectivity index (χ3n) is 4.19. The fourth-order valence-corrected chi connectivity index (χ4v) is 2.92. The normalized spacial score (nSPS) is 24.8. The van der Waals surface area contributed by atoms with Gasteiger partial charge in [-0.05, 0) is 38.8 Å². The monoisotopic (exact) mass is 280 g/mol. The minimum atomic E-state index is 0.582. The van der Waals surface area contributed by atoms with Crippen molar-refractivity contribution in [2.75, 3.05) is 39.4 Å². The Morgan fingerprint density at radius 2 is 2.50 bits per heavy atom. The van der Waals surface area contributed by atoms with Gasteiger partial charge in [0, 0.05) is 12.6 Å². The molecule has 5 nitrogen and oxygen atoms in total. The first kappa shape index (κ1) is 15.3. The Balaban J connectivity index is 1.64. The summed E-state index contributed by atoms with van der Waals surface area (Å²) >= 11 is 0. The molecule has 5 heteroatoms. The Labute approximate surface area is 122 Å². The number of nitrogens with two attached hydrogens (primary N) is 1. The average molecular weight is 280 g/mol. The highest BCUT2D eigenvalue weighted by atomic mass is 16.5. The first-order valence-corrected chi connectivity index (χ1v) is 7.83. The maximum absolute atomic E-state index is 5.93. The number of likely N-dealkylation sites (N-methyl/N-ethyl adjacent to an activating group) is 1. The molecule has 2 aliphatic heterocycles. The Hall–Kier alpha value is -1.07. The molecule has 2 aliphatic rings. The number of hydrogen-bond acceptors (Lipinski definition) is 3. The van der Waals surface area contributed by atoms with Gasteiger partial charge in [0.1, 0.15) is 0 Å². The number of hydrogen-bond donors (Lipinski definition) is 2. The summed E-state index contributed by atoms with van der Waals surface area (Å²) in [7, 11) is 0. The van der Waals surface area contributed by atoms with E-state index in [2.05, 4.69) is 28.2 Å². The van der Waals surface area contributed by atoms with Crippen LogP contribution in [0.2, 0.25) is 0 Å². The van der Waals surface area contributed by atoms with E-state index in [0.717, 1.165) is 45.7 Å². The fourth-order valence-electron chi connectivity index (χ4n) is 2.92. The summed E-state index contributed by atoms with van der Waals surface area (Å²) in [6, 6.07) is 0.582. The van der Waals surface area contributed by atoms with Crippen molar-refractivity contribution in [2.24, 2.45) is 10.7 Å². The van der Waals surface area contributed by atoms with Crippen LogP contribution in [0.1, 0.15) is 32.6 Å². The molecule has 0 aromatic rings. The van der Waals surface area contributed by atoms with Crippen molar-refractivity contribution in [2.45, 2.75) is 38.6 Å². The number of nitrogens with one attached hydrogen (secondary N) is 1. The van der Waals surface area contributed by atoms with E-state index in [9.17, 15) is 0 Å². The molecule has 0 radical (unpaired) electrons. The Bertz CT molecular complexity index is 354. The predicted octanol–water partition coefficient (Wildman–Crippen LogP) is 1.11. The molecular weight excluding hydrogens is 252 g/mol. The van der Waals surface area contributed by atoms with Gasteiger partial charge >= 0.3 is 0 Å². The van der Waals surface area contributed by atoms with Gasteiger partial charge in [0.25, 0.3) is 0 Å². The zero-order chi connectivity index (χ0) is 14.2. The summed E-state index contributed by atoms with van der Waals surface area (Å²) in [6.45, 7) is 7.83. The molecule has 1 unspecified atom stereocenters. The molecule has 0 bridgehead atoms. The number of likely N-dealkylation sites (tertiary alicyclic amines) is 1. The number of nitrogens with zero attached hydrogens (tertiary/aromatic N) is 2. The van der Waals surface area contributed by atoms with Gasteiger partial charge in [0.15, 0.2) is 5.96 Å². The van der Waals surface area contributed by atoms with Crippen molar-refractivity contribution in [3.63, 3.8) is 0 Å². The van der Waals surface area contributed by atoms with Crippen molar-refractivity contribution in [1.29, 1.82) is 0 Å². The van der Waals surface area contributed by atoms with Crippen molar-refractivity contribution in [1.82, 2.24) is 10.2 Å². The molecule has 0 aliphatic carbocycles. The predicted molar refractivity (Wildman–Crippen MR) is 82.9 cm³/mol. The van der Waals surface area contributed by atoms with Crippen LogP contribution in [0.5, 0.6) is 0 Å². The third-order valence-corrected chi connectivity index (χ3v) is 4.19. The van der Waals surface area contributed by atoms with Gasteiger partial charge in [-0.25, -0.2) is 0 Å². The van der Waals surface area contributed by atoms with Crippen molar-refractivity contribution in [3.8, 4) is 0 Å². The second kappa shape index (κ2) is 8.27. The Morgan fingerprint density at radius 1 is 1.60 bits per heavy atom. The van der Waals surface area contributed by atoms with E-state index in [1.54, 1.807) is 0 Å². The van der Waals surface area contributed by atoms with E-state index in [1.165, 1.54) is 25.0 Å². The van der Waals surface area contributed by atoms with Crippen LogP contribution in [0.15, 0.2) is 16.6 Å². The lowest BCUT2D eigenvalue weighted by atomic mass is 10.1. The topological polar surface area (TPSA) is 62.9 Å². The van der Waals surface area contributed by atoms with Gasteiger partial charge in [0.05, 0.1) is 19.8 Å². The zero-order valence-electron chi connectivity index (χ0n) is 12.6. The summed E-state index contributed by atoms with van der Waals surface area (Å²) in [6.07, 6.45) is 6.79. The molecule has 1 atom stereocenters. The largest absolute Gasteiger partial charge is 0.377 e. The minimum absolute atomic E-state index is 0.582. The second-order valence-electron chi connectivity index (χ2n) is 5.51. The van der Waals surface area contributed by atoms with Gasteiger partial charge in [0.2, 0.25) is 0 Å². The van der Waals surface area contributed by atoms with Gasteiger partial charge < -0.3 is 15.8 Å². The quantitative estimate of drug-likeness (QED) is 0.435. The third kappa shape index (κ3) is 4.80. The van der Waals surface area contributed by atoms with Crippen molar-refractivity contribution in [3.05, 3.63) is 11.6 Å². The van der Waals surface area contributed by atoms with E-state index in [1.807, 2.05) is 0 Å². The molecule has 0 aromatic heterocycles. The molecule has 0 saturated carbocycles. The molecule has 114 valence electrons. The van der Waals surface area contributed by atoms with Crippen LogP contribution in [0.25, 0.3) is 0 Å². The zero-order valence-corrected chi connectivity index (χ0v) is 12.6. The Morgan fingerprint density at radius 3 is 3.25 bits per heavy atom. The van der Waals surface area contributed by atoms with Gasteiger partial charge in [-0.2, -0.15) is 0 Å².